The average molecular weight is 312 g/mol. The Bertz CT molecular complexity index is 504. The third-order valence-electron chi connectivity index (χ3n) is 2.68. The number of rotatable bonds is 6. The summed E-state index contributed by atoms with van der Waals surface area (Å²) in [5.41, 5.74) is 6.04. The third-order valence-corrected chi connectivity index (χ3v) is 2.97. The lowest BCUT2D eigenvalue weighted by Gasteiger charge is -2.12. The van der Waals surface area contributed by atoms with Gasteiger partial charge in [-0.3, -0.25) is 16.1 Å². The van der Waals surface area contributed by atoms with Gasteiger partial charge in [-0.1, -0.05) is 31.5 Å². The molecule has 0 aliphatic carbocycles. The fourth-order valence-corrected chi connectivity index (χ4v) is 1.80. The molecule has 0 aromatic heterocycles. The largest absolute Gasteiger partial charge is 0.492 e. The van der Waals surface area contributed by atoms with Crippen LogP contribution in [0.3, 0.4) is 0 Å². The van der Waals surface area contributed by atoms with Crippen molar-refractivity contribution >= 4 is 23.5 Å². The van der Waals surface area contributed by atoms with Gasteiger partial charge in [-0.2, -0.15) is 0 Å². The van der Waals surface area contributed by atoms with Crippen LogP contribution >= 0.6 is 11.6 Å². The second kappa shape index (κ2) is 8.36. The zero-order valence-electron chi connectivity index (χ0n) is 12.3. The summed E-state index contributed by atoms with van der Waals surface area (Å²) >= 11 is 6.17. The van der Waals surface area contributed by atoms with Gasteiger partial charge in [0.15, 0.2) is 11.9 Å². The van der Waals surface area contributed by atoms with E-state index in [2.05, 4.69) is 24.5 Å². The Morgan fingerprint density at radius 2 is 2.10 bits per heavy atom. The molecule has 0 saturated heterocycles. The minimum absolute atomic E-state index is 0.0316. The van der Waals surface area contributed by atoms with E-state index < -0.39 is 0 Å². The number of nitrogens with one attached hydrogen (secondary N) is 4. The van der Waals surface area contributed by atoms with Crippen LogP contribution in [0.4, 0.5) is 0 Å². The Balaban J connectivity index is 2.49. The summed E-state index contributed by atoms with van der Waals surface area (Å²) in [7, 11) is 0. The van der Waals surface area contributed by atoms with Gasteiger partial charge >= 0.3 is 0 Å². The molecule has 0 radical (unpaired) electrons. The quantitative estimate of drug-likeness (QED) is 0.410. The first kappa shape index (κ1) is 17.1. The molecule has 0 bridgehead atoms. The van der Waals surface area contributed by atoms with E-state index in [1.807, 2.05) is 12.1 Å². The standard InChI is InChI=1S/C14H22ClN5O/c1-9(2)5-6-21-12-4-3-10(7-11(12)15)8-19-14(18)20-13(16)17/h3-4,7,9H,5-6,8H2,1-2H3,(H6,16,17,18,19,20). The lowest BCUT2D eigenvalue weighted by Crippen LogP contribution is -2.42. The fraction of sp³-hybridized carbons (Fsp3) is 0.429. The van der Waals surface area contributed by atoms with Gasteiger partial charge in [0.1, 0.15) is 5.75 Å². The molecule has 6 nitrogen and oxygen atoms in total. The van der Waals surface area contributed by atoms with E-state index in [4.69, 9.17) is 32.9 Å². The van der Waals surface area contributed by atoms with E-state index in [1.165, 1.54) is 0 Å². The first-order chi connectivity index (χ1) is 9.88. The summed E-state index contributed by atoms with van der Waals surface area (Å²) in [4.78, 5) is 0. The second-order valence-electron chi connectivity index (χ2n) is 5.06. The highest BCUT2D eigenvalue weighted by Crippen LogP contribution is 2.25. The van der Waals surface area contributed by atoms with Gasteiger partial charge in [-0.05, 0) is 30.0 Å². The zero-order chi connectivity index (χ0) is 15.8. The molecule has 0 unspecified atom stereocenters. The molecule has 116 valence electrons. The van der Waals surface area contributed by atoms with Crippen LogP contribution in [0.1, 0.15) is 25.8 Å². The van der Waals surface area contributed by atoms with Gasteiger partial charge in [0.2, 0.25) is 0 Å². The van der Waals surface area contributed by atoms with Crippen LogP contribution in [0.25, 0.3) is 0 Å². The molecule has 7 heteroatoms. The van der Waals surface area contributed by atoms with Gasteiger partial charge in [-0.15, -0.1) is 0 Å². The minimum atomic E-state index is -0.278. The lowest BCUT2D eigenvalue weighted by atomic mass is 10.1. The van der Waals surface area contributed by atoms with Crippen LogP contribution in [0.5, 0.6) is 5.75 Å². The summed E-state index contributed by atoms with van der Waals surface area (Å²) in [6.07, 6.45) is 0.980. The first-order valence-corrected chi connectivity index (χ1v) is 7.11. The van der Waals surface area contributed by atoms with Crippen LogP contribution in [0.15, 0.2) is 18.2 Å². The van der Waals surface area contributed by atoms with E-state index in [0.29, 0.717) is 29.8 Å². The minimum Gasteiger partial charge on any atom is -0.492 e. The number of guanidine groups is 2. The van der Waals surface area contributed by atoms with E-state index in [9.17, 15) is 0 Å². The van der Waals surface area contributed by atoms with Crippen molar-refractivity contribution in [1.29, 1.82) is 10.8 Å². The van der Waals surface area contributed by atoms with E-state index in [-0.39, 0.29) is 11.9 Å². The Kier molecular flexibility index (Phi) is 6.81. The van der Waals surface area contributed by atoms with Gasteiger partial charge in [0.05, 0.1) is 11.6 Å². The SMILES string of the molecule is CC(C)CCOc1ccc(CNC(=N)NC(=N)N)cc1Cl. The summed E-state index contributed by atoms with van der Waals surface area (Å²) in [6.45, 7) is 5.33. The number of ether oxygens (including phenoxy) is 1. The van der Waals surface area contributed by atoms with Crippen molar-refractivity contribution in [3.63, 3.8) is 0 Å². The van der Waals surface area contributed by atoms with Crippen LogP contribution < -0.4 is 21.1 Å². The summed E-state index contributed by atoms with van der Waals surface area (Å²) in [6, 6.07) is 5.49. The van der Waals surface area contributed by atoms with Crippen molar-refractivity contribution in [3.8, 4) is 5.75 Å². The molecule has 0 saturated carbocycles. The molecular formula is C14H22ClN5O. The molecule has 0 spiro atoms. The second-order valence-corrected chi connectivity index (χ2v) is 5.47. The summed E-state index contributed by atoms with van der Waals surface area (Å²) < 4.78 is 5.63. The van der Waals surface area contributed by atoms with Gasteiger partial charge < -0.3 is 15.8 Å². The molecule has 0 fully saturated rings. The smallest absolute Gasteiger partial charge is 0.195 e. The zero-order valence-corrected chi connectivity index (χ0v) is 13.1. The maximum absolute atomic E-state index is 7.49. The molecule has 0 aliphatic heterocycles. The van der Waals surface area contributed by atoms with Gasteiger partial charge in [0, 0.05) is 6.54 Å². The number of halogens is 1. The van der Waals surface area contributed by atoms with Crippen LogP contribution in [-0.2, 0) is 6.54 Å². The molecule has 0 atom stereocenters. The van der Waals surface area contributed by atoms with Crippen molar-refractivity contribution in [2.75, 3.05) is 6.61 Å². The number of hydrogen-bond donors (Lipinski definition) is 5. The van der Waals surface area contributed by atoms with Crippen molar-refractivity contribution in [1.82, 2.24) is 10.6 Å². The third kappa shape index (κ3) is 6.85. The molecule has 0 heterocycles. The summed E-state index contributed by atoms with van der Waals surface area (Å²) in [5, 5.41) is 20.2. The molecule has 21 heavy (non-hydrogen) atoms. The van der Waals surface area contributed by atoms with Crippen molar-refractivity contribution in [3.05, 3.63) is 28.8 Å². The van der Waals surface area contributed by atoms with Crippen molar-refractivity contribution < 1.29 is 4.74 Å². The maximum atomic E-state index is 7.49. The molecule has 6 N–H and O–H groups in total. The number of nitrogens with two attached hydrogens (primary N) is 1. The predicted molar refractivity (Wildman–Crippen MR) is 86.0 cm³/mol. The molecular weight excluding hydrogens is 290 g/mol. The Labute approximate surface area is 130 Å². The Morgan fingerprint density at radius 3 is 2.67 bits per heavy atom. The van der Waals surface area contributed by atoms with E-state index >= 15 is 0 Å². The Morgan fingerprint density at radius 1 is 1.38 bits per heavy atom. The molecule has 1 aromatic carbocycles. The number of hydrogen-bond acceptors (Lipinski definition) is 3. The highest BCUT2D eigenvalue weighted by molar-refractivity contribution is 6.32. The topological polar surface area (TPSA) is 107 Å². The van der Waals surface area contributed by atoms with E-state index in [0.717, 1.165) is 12.0 Å². The average Bonchev–Trinajstić information content (AvgIpc) is 2.37. The van der Waals surface area contributed by atoms with Crippen molar-refractivity contribution in [2.24, 2.45) is 11.7 Å². The molecule has 1 rings (SSSR count). The van der Waals surface area contributed by atoms with Crippen LogP contribution in [0.2, 0.25) is 5.02 Å². The highest BCUT2D eigenvalue weighted by Gasteiger charge is 2.05. The summed E-state index contributed by atoms with van der Waals surface area (Å²) in [5.74, 6) is 0.945. The normalized spacial score (nSPS) is 10.3. The monoisotopic (exact) mass is 311 g/mol. The van der Waals surface area contributed by atoms with Gasteiger partial charge in [0.25, 0.3) is 0 Å². The van der Waals surface area contributed by atoms with Gasteiger partial charge in [-0.25, -0.2) is 0 Å². The highest BCUT2D eigenvalue weighted by atomic mass is 35.5. The predicted octanol–water partition coefficient (Wildman–Crippen LogP) is 2.27. The van der Waals surface area contributed by atoms with Crippen LogP contribution in [-0.4, -0.2) is 18.5 Å². The van der Waals surface area contributed by atoms with Crippen LogP contribution in [0, 0.1) is 16.7 Å². The van der Waals surface area contributed by atoms with Crippen molar-refractivity contribution in [2.45, 2.75) is 26.8 Å². The first-order valence-electron chi connectivity index (χ1n) is 6.73. The lowest BCUT2D eigenvalue weighted by molar-refractivity contribution is 0.289. The molecule has 1 aromatic rings. The maximum Gasteiger partial charge on any atom is 0.195 e. The Hall–Kier alpha value is -1.95. The molecule has 0 amide bonds. The number of benzene rings is 1. The van der Waals surface area contributed by atoms with E-state index in [1.54, 1.807) is 6.07 Å². The fourth-order valence-electron chi connectivity index (χ4n) is 1.55. The molecule has 0 aliphatic rings.